The lowest BCUT2D eigenvalue weighted by Gasteiger charge is -2.25. The van der Waals surface area contributed by atoms with Crippen LogP contribution in [-0.4, -0.2) is 16.4 Å². The Morgan fingerprint density at radius 2 is 2.11 bits per heavy atom. The van der Waals surface area contributed by atoms with Crippen LogP contribution in [0.25, 0.3) is 10.9 Å². The van der Waals surface area contributed by atoms with Crippen LogP contribution in [0.4, 0.5) is 5.69 Å². The first-order chi connectivity index (χ1) is 8.95. The van der Waals surface area contributed by atoms with Crippen molar-refractivity contribution < 1.29 is 4.79 Å². The van der Waals surface area contributed by atoms with E-state index in [0.717, 1.165) is 10.9 Å². The van der Waals surface area contributed by atoms with Crippen LogP contribution in [-0.2, 0) is 0 Å². The number of hydrogen-bond donors (Lipinski definition) is 3. The number of aromatic nitrogens is 1. The normalized spacial score (nSPS) is 15.7. The summed E-state index contributed by atoms with van der Waals surface area (Å²) in [4.78, 5) is 15.4. The molecule has 1 heterocycles. The van der Waals surface area contributed by atoms with Crippen molar-refractivity contribution in [2.75, 3.05) is 5.73 Å². The summed E-state index contributed by atoms with van der Waals surface area (Å²) in [6.07, 6.45) is 2.41. The topological polar surface area (TPSA) is 70.9 Å². The van der Waals surface area contributed by atoms with Gasteiger partial charge < -0.3 is 16.0 Å². The monoisotopic (exact) mass is 257 g/mol. The molecule has 1 aromatic carbocycles. The number of nitrogens with one attached hydrogen (secondary N) is 2. The van der Waals surface area contributed by atoms with Gasteiger partial charge >= 0.3 is 0 Å². The van der Waals surface area contributed by atoms with Gasteiger partial charge in [-0.05, 0) is 56.9 Å². The summed E-state index contributed by atoms with van der Waals surface area (Å²) in [5.74, 6) is 0.558. The summed E-state index contributed by atoms with van der Waals surface area (Å²) < 4.78 is 0. The van der Waals surface area contributed by atoms with E-state index in [2.05, 4.69) is 24.1 Å². The highest BCUT2D eigenvalue weighted by molar-refractivity contribution is 5.98. The van der Waals surface area contributed by atoms with E-state index in [-0.39, 0.29) is 11.4 Å². The summed E-state index contributed by atoms with van der Waals surface area (Å²) in [6, 6.07) is 7.45. The van der Waals surface area contributed by atoms with Gasteiger partial charge in [-0.3, -0.25) is 4.79 Å². The Kier molecular flexibility index (Phi) is 2.55. The van der Waals surface area contributed by atoms with E-state index < -0.39 is 0 Å². The predicted octanol–water partition coefficient (Wildman–Crippen LogP) is 2.67. The molecule has 1 fully saturated rings. The maximum absolute atomic E-state index is 12.3. The SMILES string of the molecule is CC(C)(NC(=O)c1cc2cc(N)ccc2[nH]1)C1CC1. The number of aromatic amines is 1. The Morgan fingerprint density at radius 1 is 1.37 bits per heavy atom. The van der Waals surface area contributed by atoms with Gasteiger partial charge in [0.25, 0.3) is 5.91 Å². The van der Waals surface area contributed by atoms with Gasteiger partial charge in [0.15, 0.2) is 0 Å². The molecule has 4 N–H and O–H groups in total. The Labute approximate surface area is 112 Å². The molecule has 1 aromatic heterocycles. The molecule has 1 amide bonds. The summed E-state index contributed by atoms with van der Waals surface area (Å²) in [5.41, 5.74) is 7.84. The molecule has 100 valence electrons. The number of carbonyl (C=O) groups excluding carboxylic acids is 1. The number of rotatable bonds is 3. The molecular weight excluding hydrogens is 238 g/mol. The maximum Gasteiger partial charge on any atom is 0.268 e. The molecule has 1 aliphatic rings. The third-order valence-corrected chi connectivity index (χ3v) is 3.92. The average molecular weight is 257 g/mol. The molecule has 1 aliphatic carbocycles. The van der Waals surface area contributed by atoms with E-state index in [0.29, 0.717) is 17.3 Å². The smallest absolute Gasteiger partial charge is 0.268 e. The van der Waals surface area contributed by atoms with Crippen molar-refractivity contribution in [1.82, 2.24) is 10.3 Å². The minimum atomic E-state index is -0.132. The van der Waals surface area contributed by atoms with Gasteiger partial charge in [-0.1, -0.05) is 0 Å². The molecule has 19 heavy (non-hydrogen) atoms. The zero-order valence-corrected chi connectivity index (χ0v) is 11.3. The molecule has 0 aliphatic heterocycles. The van der Waals surface area contributed by atoms with Crippen LogP contribution in [0, 0.1) is 5.92 Å². The molecule has 0 radical (unpaired) electrons. The highest BCUT2D eigenvalue weighted by Crippen LogP contribution is 2.39. The second-order valence-corrected chi connectivity index (χ2v) is 5.98. The molecule has 3 rings (SSSR count). The van der Waals surface area contributed by atoms with Crippen LogP contribution in [0.1, 0.15) is 37.2 Å². The molecule has 0 saturated heterocycles. The lowest BCUT2D eigenvalue weighted by molar-refractivity contribution is 0.0899. The van der Waals surface area contributed by atoms with Gasteiger partial charge in [-0.25, -0.2) is 0 Å². The van der Waals surface area contributed by atoms with Gasteiger partial charge in [-0.2, -0.15) is 0 Å². The summed E-state index contributed by atoms with van der Waals surface area (Å²) in [5, 5.41) is 4.08. The summed E-state index contributed by atoms with van der Waals surface area (Å²) in [6.45, 7) is 4.17. The standard InChI is InChI=1S/C15H19N3O/c1-15(2,10-3-4-10)18-14(19)13-8-9-7-11(16)5-6-12(9)17-13/h5-8,10,17H,3-4,16H2,1-2H3,(H,18,19). The molecule has 4 heteroatoms. The van der Waals surface area contributed by atoms with Crippen LogP contribution in [0.2, 0.25) is 0 Å². The first-order valence-corrected chi connectivity index (χ1v) is 6.66. The van der Waals surface area contributed by atoms with Crippen molar-refractivity contribution in [1.29, 1.82) is 0 Å². The third kappa shape index (κ3) is 2.30. The Bertz CT molecular complexity index is 638. The van der Waals surface area contributed by atoms with Gasteiger partial charge in [-0.15, -0.1) is 0 Å². The first kappa shape index (κ1) is 12.1. The van der Waals surface area contributed by atoms with Gasteiger partial charge in [0.1, 0.15) is 5.69 Å². The number of carbonyl (C=O) groups is 1. The molecule has 0 unspecified atom stereocenters. The van der Waals surface area contributed by atoms with Crippen molar-refractivity contribution in [3.8, 4) is 0 Å². The molecule has 4 nitrogen and oxygen atoms in total. The number of fused-ring (bicyclic) bond motifs is 1. The lowest BCUT2D eigenvalue weighted by Crippen LogP contribution is -2.45. The minimum absolute atomic E-state index is 0.0494. The summed E-state index contributed by atoms with van der Waals surface area (Å²) >= 11 is 0. The maximum atomic E-state index is 12.3. The predicted molar refractivity (Wildman–Crippen MR) is 77.0 cm³/mol. The second kappa shape index (κ2) is 4.02. The van der Waals surface area contributed by atoms with Crippen molar-refractivity contribution >= 4 is 22.5 Å². The lowest BCUT2D eigenvalue weighted by atomic mass is 9.98. The van der Waals surface area contributed by atoms with E-state index >= 15 is 0 Å². The number of amides is 1. The molecule has 0 atom stereocenters. The zero-order valence-electron chi connectivity index (χ0n) is 11.3. The quantitative estimate of drug-likeness (QED) is 0.740. The van der Waals surface area contributed by atoms with Crippen LogP contribution in [0.3, 0.4) is 0 Å². The van der Waals surface area contributed by atoms with Crippen molar-refractivity contribution in [3.05, 3.63) is 30.0 Å². The fourth-order valence-electron chi connectivity index (χ4n) is 2.54. The van der Waals surface area contributed by atoms with Crippen LogP contribution >= 0.6 is 0 Å². The van der Waals surface area contributed by atoms with Crippen molar-refractivity contribution in [2.45, 2.75) is 32.2 Å². The first-order valence-electron chi connectivity index (χ1n) is 6.66. The molecule has 0 bridgehead atoms. The Hall–Kier alpha value is -1.97. The molecule has 0 spiro atoms. The fourth-order valence-corrected chi connectivity index (χ4v) is 2.54. The minimum Gasteiger partial charge on any atom is -0.399 e. The van der Waals surface area contributed by atoms with E-state index in [4.69, 9.17) is 5.73 Å². The number of nitrogen functional groups attached to an aromatic ring is 1. The number of benzene rings is 1. The molecule has 2 aromatic rings. The van der Waals surface area contributed by atoms with Gasteiger partial charge in [0, 0.05) is 22.1 Å². The van der Waals surface area contributed by atoms with Crippen LogP contribution in [0.15, 0.2) is 24.3 Å². The van der Waals surface area contributed by atoms with E-state index in [9.17, 15) is 4.79 Å². The molecular formula is C15H19N3O. The Morgan fingerprint density at radius 3 is 2.79 bits per heavy atom. The van der Waals surface area contributed by atoms with Crippen molar-refractivity contribution in [2.24, 2.45) is 5.92 Å². The number of hydrogen-bond acceptors (Lipinski definition) is 2. The van der Waals surface area contributed by atoms with Crippen molar-refractivity contribution in [3.63, 3.8) is 0 Å². The summed E-state index contributed by atoms with van der Waals surface area (Å²) in [7, 11) is 0. The zero-order chi connectivity index (χ0) is 13.6. The molecule has 1 saturated carbocycles. The van der Waals surface area contributed by atoms with Crippen LogP contribution < -0.4 is 11.1 Å². The average Bonchev–Trinajstić information content (AvgIpc) is 3.10. The highest BCUT2D eigenvalue weighted by Gasteiger charge is 2.38. The van der Waals surface area contributed by atoms with E-state index in [1.165, 1.54) is 12.8 Å². The van der Waals surface area contributed by atoms with Gasteiger partial charge in [0.05, 0.1) is 0 Å². The van der Waals surface area contributed by atoms with E-state index in [1.807, 2.05) is 24.3 Å². The number of anilines is 1. The number of nitrogens with two attached hydrogens (primary N) is 1. The second-order valence-electron chi connectivity index (χ2n) is 5.98. The van der Waals surface area contributed by atoms with Crippen LogP contribution in [0.5, 0.6) is 0 Å². The largest absolute Gasteiger partial charge is 0.399 e. The fraction of sp³-hybridized carbons (Fsp3) is 0.400. The third-order valence-electron chi connectivity index (χ3n) is 3.92. The highest BCUT2D eigenvalue weighted by atomic mass is 16.2. The van der Waals surface area contributed by atoms with E-state index in [1.54, 1.807) is 0 Å². The van der Waals surface area contributed by atoms with Gasteiger partial charge in [0.2, 0.25) is 0 Å². The number of H-pyrrole nitrogens is 1. The Balaban J connectivity index is 1.85.